The van der Waals surface area contributed by atoms with Gasteiger partial charge in [-0.25, -0.2) is 4.39 Å². The van der Waals surface area contributed by atoms with Crippen LogP contribution >= 0.6 is 0 Å². The van der Waals surface area contributed by atoms with Gasteiger partial charge in [-0.2, -0.15) is 0 Å². The van der Waals surface area contributed by atoms with Gasteiger partial charge in [0.2, 0.25) is 0 Å². The third kappa shape index (κ3) is 6.92. The molecule has 1 aliphatic heterocycles. The molecule has 0 bridgehead atoms. The molecule has 31 heavy (non-hydrogen) atoms. The highest BCUT2D eigenvalue weighted by Crippen LogP contribution is 2.30. The molecule has 1 aliphatic rings. The zero-order chi connectivity index (χ0) is 22.2. The number of hydrogen-bond donors (Lipinski definition) is 1. The first-order valence-corrected chi connectivity index (χ1v) is 11.1. The Kier molecular flexibility index (Phi) is 8.69. The molecule has 2 aromatic carbocycles. The summed E-state index contributed by atoms with van der Waals surface area (Å²) in [6.45, 7) is 6.16. The van der Waals surface area contributed by atoms with Crippen LogP contribution in [0, 0.1) is 11.7 Å². The van der Waals surface area contributed by atoms with Crippen LogP contribution in [0.25, 0.3) is 0 Å². The van der Waals surface area contributed by atoms with Crippen LogP contribution < -0.4 is 4.74 Å². The van der Waals surface area contributed by atoms with Gasteiger partial charge in [-0.3, -0.25) is 9.80 Å². The van der Waals surface area contributed by atoms with Crippen molar-refractivity contribution in [1.82, 2.24) is 14.7 Å². The van der Waals surface area contributed by atoms with Crippen LogP contribution in [-0.4, -0.2) is 73.7 Å². The molecule has 0 aromatic heterocycles. The molecule has 1 atom stereocenters. The molecular weight excluding hydrogens is 393 g/mol. The Bertz CT molecular complexity index is 830. The fraction of sp³-hybridized carbons (Fsp3) is 0.520. The van der Waals surface area contributed by atoms with Gasteiger partial charge >= 0.3 is 0 Å². The minimum Gasteiger partial charge on any atom is -0.504 e. The molecule has 1 heterocycles. The van der Waals surface area contributed by atoms with Gasteiger partial charge in [-0.1, -0.05) is 30.3 Å². The highest BCUT2D eigenvalue weighted by molar-refractivity contribution is 5.45. The van der Waals surface area contributed by atoms with E-state index in [0.29, 0.717) is 24.8 Å². The largest absolute Gasteiger partial charge is 0.504 e. The van der Waals surface area contributed by atoms with Gasteiger partial charge in [0.05, 0.1) is 7.11 Å². The smallest absolute Gasteiger partial charge is 0.162 e. The second-order valence-corrected chi connectivity index (χ2v) is 8.84. The normalized spacial score (nSPS) is 17.4. The number of nitrogens with zero attached hydrogens (tertiary/aromatic N) is 3. The molecule has 0 spiro atoms. The number of benzene rings is 2. The van der Waals surface area contributed by atoms with Crippen LogP contribution in [-0.2, 0) is 13.1 Å². The number of halogens is 1. The number of likely N-dealkylation sites (N-methyl/N-ethyl adjacent to an activating group) is 1. The summed E-state index contributed by atoms with van der Waals surface area (Å²) in [6, 6.07) is 12.7. The minimum atomic E-state index is -0.120. The lowest BCUT2D eigenvalue weighted by Crippen LogP contribution is -2.42. The third-order valence-electron chi connectivity index (χ3n) is 6.03. The number of para-hydroxylation sites is 1. The zero-order valence-electron chi connectivity index (χ0n) is 19.1. The van der Waals surface area contributed by atoms with Crippen LogP contribution in [0.2, 0.25) is 0 Å². The van der Waals surface area contributed by atoms with E-state index in [4.69, 9.17) is 4.74 Å². The Hall–Kier alpha value is -2.15. The van der Waals surface area contributed by atoms with E-state index < -0.39 is 0 Å². The van der Waals surface area contributed by atoms with E-state index in [1.807, 2.05) is 24.3 Å². The van der Waals surface area contributed by atoms with Gasteiger partial charge in [-0.05, 0) is 51.5 Å². The van der Waals surface area contributed by atoms with Crippen LogP contribution in [0.4, 0.5) is 4.39 Å². The van der Waals surface area contributed by atoms with Crippen molar-refractivity contribution in [3.8, 4) is 11.5 Å². The fourth-order valence-corrected chi connectivity index (χ4v) is 4.35. The van der Waals surface area contributed by atoms with Gasteiger partial charge in [-0.15, -0.1) is 0 Å². The quantitative estimate of drug-likeness (QED) is 0.622. The van der Waals surface area contributed by atoms with E-state index >= 15 is 0 Å². The van der Waals surface area contributed by atoms with Crippen molar-refractivity contribution >= 4 is 0 Å². The van der Waals surface area contributed by atoms with Crippen molar-refractivity contribution in [2.45, 2.75) is 25.9 Å². The predicted molar refractivity (Wildman–Crippen MR) is 123 cm³/mol. The first-order valence-electron chi connectivity index (χ1n) is 11.1. The summed E-state index contributed by atoms with van der Waals surface area (Å²) in [5, 5.41) is 10.5. The molecule has 1 N–H and O–H groups in total. The number of rotatable bonds is 10. The van der Waals surface area contributed by atoms with E-state index in [1.54, 1.807) is 25.3 Å². The molecule has 0 radical (unpaired) electrons. The molecule has 3 rings (SSSR count). The van der Waals surface area contributed by atoms with E-state index in [9.17, 15) is 9.50 Å². The highest BCUT2D eigenvalue weighted by atomic mass is 19.1. The van der Waals surface area contributed by atoms with Crippen molar-refractivity contribution in [3.63, 3.8) is 0 Å². The molecule has 1 fully saturated rings. The lowest BCUT2D eigenvalue weighted by Gasteiger charge is -2.36. The van der Waals surface area contributed by atoms with Gasteiger partial charge in [0.25, 0.3) is 0 Å². The maximum Gasteiger partial charge on any atom is 0.162 e. The Morgan fingerprint density at radius 3 is 2.61 bits per heavy atom. The number of phenolic OH excluding ortho intramolecular Hbond substituents is 1. The van der Waals surface area contributed by atoms with E-state index in [-0.39, 0.29) is 11.6 Å². The van der Waals surface area contributed by atoms with Gasteiger partial charge in [0.15, 0.2) is 11.5 Å². The van der Waals surface area contributed by atoms with Crippen LogP contribution in [0.1, 0.15) is 24.0 Å². The van der Waals surface area contributed by atoms with Crippen molar-refractivity contribution in [2.75, 3.05) is 53.9 Å². The van der Waals surface area contributed by atoms with Gasteiger partial charge in [0.1, 0.15) is 5.82 Å². The molecule has 0 aliphatic carbocycles. The second-order valence-electron chi connectivity index (χ2n) is 8.84. The average molecular weight is 430 g/mol. The third-order valence-corrected chi connectivity index (χ3v) is 6.03. The number of phenols is 1. The fourth-order valence-electron chi connectivity index (χ4n) is 4.35. The average Bonchev–Trinajstić information content (AvgIpc) is 2.75. The van der Waals surface area contributed by atoms with E-state index in [0.717, 1.165) is 50.3 Å². The molecule has 1 unspecified atom stereocenters. The Labute approximate surface area is 186 Å². The zero-order valence-corrected chi connectivity index (χ0v) is 19.1. The SMILES string of the molecule is COc1cccc(CN(CCN(C)C)CC2CCCN(Cc3ccccc3F)C2)c1O. The summed E-state index contributed by atoms with van der Waals surface area (Å²) in [6.07, 6.45) is 2.31. The van der Waals surface area contributed by atoms with E-state index in [1.165, 1.54) is 6.42 Å². The summed E-state index contributed by atoms with van der Waals surface area (Å²) in [5.74, 6) is 1.14. The molecule has 1 saturated heterocycles. The maximum atomic E-state index is 14.1. The molecular formula is C25H36FN3O2. The Balaban J connectivity index is 1.65. The summed E-state index contributed by atoms with van der Waals surface area (Å²) >= 11 is 0. The van der Waals surface area contributed by atoms with Gasteiger partial charge < -0.3 is 14.7 Å². The van der Waals surface area contributed by atoms with Gasteiger partial charge in [0, 0.05) is 50.4 Å². The van der Waals surface area contributed by atoms with Crippen molar-refractivity contribution in [2.24, 2.45) is 5.92 Å². The molecule has 0 amide bonds. The number of ether oxygens (including phenoxy) is 1. The van der Waals surface area contributed by atoms with E-state index in [2.05, 4.69) is 28.8 Å². The monoisotopic (exact) mass is 429 g/mol. The summed E-state index contributed by atoms with van der Waals surface area (Å²) in [7, 11) is 5.74. The molecule has 0 saturated carbocycles. The summed E-state index contributed by atoms with van der Waals surface area (Å²) in [5.41, 5.74) is 1.66. The van der Waals surface area contributed by atoms with Crippen molar-refractivity contribution in [1.29, 1.82) is 0 Å². The lowest BCUT2D eigenvalue weighted by molar-refractivity contribution is 0.119. The van der Waals surface area contributed by atoms with Crippen LogP contribution in [0.5, 0.6) is 11.5 Å². The Morgan fingerprint density at radius 1 is 1.10 bits per heavy atom. The molecule has 170 valence electrons. The number of aromatic hydroxyl groups is 1. The number of likely N-dealkylation sites (tertiary alicyclic amines) is 1. The maximum absolute atomic E-state index is 14.1. The lowest BCUT2D eigenvalue weighted by atomic mass is 9.96. The number of hydrogen-bond acceptors (Lipinski definition) is 5. The molecule has 5 nitrogen and oxygen atoms in total. The topological polar surface area (TPSA) is 39.2 Å². The number of methoxy groups -OCH3 is 1. The number of piperidine rings is 1. The predicted octanol–water partition coefficient (Wildman–Crippen LogP) is 3.82. The molecule has 6 heteroatoms. The first-order chi connectivity index (χ1) is 15.0. The van der Waals surface area contributed by atoms with Crippen LogP contribution in [0.3, 0.4) is 0 Å². The first kappa shape index (κ1) is 23.5. The summed E-state index contributed by atoms with van der Waals surface area (Å²) in [4.78, 5) is 6.98. The summed E-state index contributed by atoms with van der Waals surface area (Å²) < 4.78 is 19.4. The second kappa shape index (κ2) is 11.5. The Morgan fingerprint density at radius 2 is 1.87 bits per heavy atom. The minimum absolute atomic E-state index is 0.120. The highest BCUT2D eigenvalue weighted by Gasteiger charge is 2.23. The molecule has 2 aromatic rings. The van der Waals surface area contributed by atoms with Crippen LogP contribution in [0.15, 0.2) is 42.5 Å². The standard InChI is InChI=1S/C25H36FN3O2/c1-27(2)14-15-29(19-22-10-6-12-24(31-3)25(22)30)17-20-8-7-13-28(16-20)18-21-9-4-5-11-23(21)26/h4-6,9-12,20,30H,7-8,13-19H2,1-3H3. The van der Waals surface area contributed by atoms with Crippen molar-refractivity contribution < 1.29 is 14.2 Å². The van der Waals surface area contributed by atoms with Crippen molar-refractivity contribution in [3.05, 3.63) is 59.4 Å².